The normalized spacial score (nSPS) is 33.7. The van der Waals surface area contributed by atoms with Crippen LogP contribution in [0.2, 0.25) is 0 Å². The van der Waals surface area contributed by atoms with Gasteiger partial charge in [0, 0.05) is 17.6 Å². The Bertz CT molecular complexity index is 237. The minimum absolute atomic E-state index is 0.00865. The fourth-order valence-corrected chi connectivity index (χ4v) is 3.82. The summed E-state index contributed by atoms with van der Waals surface area (Å²) in [7, 11) is 0. The molecule has 2 heterocycles. The van der Waals surface area contributed by atoms with Gasteiger partial charge >= 0.3 is 6.03 Å². The SMILES string of the molecule is O=C1NC2CSC(CCCCCO)C2N1. The Balaban J connectivity index is 1.72. The van der Waals surface area contributed by atoms with E-state index in [0.717, 1.165) is 31.4 Å². The van der Waals surface area contributed by atoms with E-state index in [9.17, 15) is 4.79 Å². The highest BCUT2D eigenvalue weighted by Gasteiger charge is 2.42. The summed E-state index contributed by atoms with van der Waals surface area (Å²) in [5, 5.41) is 15.2. The zero-order valence-corrected chi connectivity index (χ0v) is 9.55. The summed E-state index contributed by atoms with van der Waals surface area (Å²) in [6.07, 6.45) is 4.29. The summed E-state index contributed by atoms with van der Waals surface area (Å²) in [6, 6.07) is 0.660. The smallest absolute Gasteiger partial charge is 0.315 e. The van der Waals surface area contributed by atoms with Crippen molar-refractivity contribution in [3.8, 4) is 0 Å². The maximum absolute atomic E-state index is 11.1. The molecule has 3 atom stereocenters. The molecule has 2 aliphatic heterocycles. The van der Waals surface area contributed by atoms with Gasteiger partial charge in [-0.1, -0.05) is 12.8 Å². The van der Waals surface area contributed by atoms with Crippen molar-refractivity contribution in [1.29, 1.82) is 0 Å². The van der Waals surface area contributed by atoms with Gasteiger partial charge in [0.05, 0.1) is 12.1 Å². The molecule has 0 spiro atoms. The minimum Gasteiger partial charge on any atom is -0.396 e. The van der Waals surface area contributed by atoms with Crippen LogP contribution < -0.4 is 10.6 Å². The number of aliphatic hydroxyl groups is 1. The second-order valence-electron chi connectivity index (χ2n) is 4.19. The second-order valence-corrected chi connectivity index (χ2v) is 5.47. The van der Waals surface area contributed by atoms with Crippen molar-refractivity contribution in [2.24, 2.45) is 0 Å². The summed E-state index contributed by atoms with van der Waals surface area (Å²) < 4.78 is 0. The lowest BCUT2D eigenvalue weighted by Crippen LogP contribution is -2.36. The van der Waals surface area contributed by atoms with E-state index in [2.05, 4.69) is 10.6 Å². The second kappa shape index (κ2) is 5.07. The first-order valence-corrected chi connectivity index (χ1v) is 6.65. The number of aliphatic hydroxyl groups excluding tert-OH is 1. The standard InChI is InChI=1S/C10H18N2O2S/c13-5-3-1-2-4-8-9-7(6-15-8)11-10(14)12-9/h7-9,13H,1-6H2,(H2,11,12,14). The van der Waals surface area contributed by atoms with Crippen LogP contribution in [0, 0.1) is 0 Å². The predicted molar refractivity (Wildman–Crippen MR) is 61.0 cm³/mol. The molecule has 0 radical (unpaired) electrons. The molecule has 0 aromatic heterocycles. The lowest BCUT2D eigenvalue weighted by Gasteiger charge is -2.16. The number of carbonyl (C=O) groups excluding carboxylic acids is 1. The molecule has 2 amide bonds. The maximum Gasteiger partial charge on any atom is 0.315 e. The molecular weight excluding hydrogens is 212 g/mol. The van der Waals surface area contributed by atoms with E-state index < -0.39 is 0 Å². The van der Waals surface area contributed by atoms with Gasteiger partial charge in [0.1, 0.15) is 0 Å². The maximum atomic E-state index is 11.1. The van der Waals surface area contributed by atoms with Gasteiger partial charge in [-0.05, 0) is 12.8 Å². The van der Waals surface area contributed by atoms with Crippen LogP contribution in [0.15, 0.2) is 0 Å². The summed E-state index contributed by atoms with van der Waals surface area (Å²) >= 11 is 1.95. The summed E-state index contributed by atoms with van der Waals surface area (Å²) in [5.74, 6) is 1.04. The zero-order valence-electron chi connectivity index (χ0n) is 8.74. The lowest BCUT2D eigenvalue weighted by molar-refractivity contribution is 0.247. The molecule has 86 valence electrons. The van der Waals surface area contributed by atoms with Gasteiger partial charge in [0.15, 0.2) is 0 Å². The number of nitrogens with one attached hydrogen (secondary N) is 2. The molecule has 2 fully saturated rings. The van der Waals surface area contributed by atoms with E-state index >= 15 is 0 Å². The van der Waals surface area contributed by atoms with Crippen LogP contribution in [0.4, 0.5) is 4.79 Å². The summed E-state index contributed by atoms with van der Waals surface area (Å²) in [6.45, 7) is 0.294. The fraction of sp³-hybridized carbons (Fsp3) is 0.900. The average Bonchev–Trinajstić information content (AvgIpc) is 2.73. The Kier molecular flexibility index (Phi) is 3.75. The van der Waals surface area contributed by atoms with Gasteiger partial charge in [0.2, 0.25) is 0 Å². The van der Waals surface area contributed by atoms with Gasteiger partial charge in [0.25, 0.3) is 0 Å². The number of hydrogen-bond acceptors (Lipinski definition) is 3. The lowest BCUT2D eigenvalue weighted by atomic mass is 10.0. The topological polar surface area (TPSA) is 61.4 Å². The Hall–Kier alpha value is -0.420. The molecule has 2 aliphatic rings. The molecule has 2 saturated heterocycles. The van der Waals surface area contributed by atoms with E-state index in [0.29, 0.717) is 23.9 Å². The summed E-state index contributed by atoms with van der Waals surface area (Å²) in [4.78, 5) is 11.1. The molecule has 15 heavy (non-hydrogen) atoms. The van der Waals surface area contributed by atoms with Crippen molar-refractivity contribution < 1.29 is 9.90 Å². The minimum atomic E-state index is -0.00865. The van der Waals surface area contributed by atoms with E-state index in [1.807, 2.05) is 11.8 Å². The van der Waals surface area contributed by atoms with Crippen LogP contribution in [-0.2, 0) is 0 Å². The first kappa shape index (κ1) is 11.1. The van der Waals surface area contributed by atoms with Crippen molar-refractivity contribution in [1.82, 2.24) is 10.6 Å². The number of hydrogen-bond donors (Lipinski definition) is 3. The van der Waals surface area contributed by atoms with Crippen molar-refractivity contribution >= 4 is 17.8 Å². The third kappa shape index (κ3) is 2.58. The van der Waals surface area contributed by atoms with Gasteiger partial charge < -0.3 is 15.7 Å². The van der Waals surface area contributed by atoms with E-state index in [4.69, 9.17) is 5.11 Å². The number of carbonyl (C=O) groups is 1. The van der Waals surface area contributed by atoms with Gasteiger partial charge in [-0.25, -0.2) is 4.79 Å². The third-order valence-electron chi connectivity index (χ3n) is 3.08. The van der Waals surface area contributed by atoms with Crippen LogP contribution in [0.1, 0.15) is 25.7 Å². The molecule has 0 aromatic carbocycles. The molecule has 3 N–H and O–H groups in total. The number of fused-ring (bicyclic) bond motifs is 1. The molecule has 0 saturated carbocycles. The Morgan fingerprint density at radius 2 is 2.20 bits per heavy atom. The quantitative estimate of drug-likeness (QED) is 0.481. The predicted octanol–water partition coefficient (Wildman–Crippen LogP) is 0.705. The fourth-order valence-electron chi connectivity index (χ4n) is 2.28. The van der Waals surface area contributed by atoms with Gasteiger partial charge in [-0.2, -0.15) is 11.8 Å². The van der Waals surface area contributed by atoms with E-state index in [1.54, 1.807) is 0 Å². The highest BCUT2D eigenvalue weighted by molar-refractivity contribution is 8.00. The van der Waals surface area contributed by atoms with Crippen LogP contribution in [0.25, 0.3) is 0 Å². The first-order chi connectivity index (χ1) is 7.31. The van der Waals surface area contributed by atoms with Crippen molar-refractivity contribution in [3.05, 3.63) is 0 Å². The number of unbranched alkanes of at least 4 members (excludes halogenated alkanes) is 2. The average molecular weight is 230 g/mol. The Labute approximate surface area is 94.2 Å². The van der Waals surface area contributed by atoms with Crippen LogP contribution in [-0.4, -0.2) is 40.8 Å². The molecule has 4 nitrogen and oxygen atoms in total. The molecule has 3 unspecified atom stereocenters. The van der Waals surface area contributed by atoms with Crippen LogP contribution in [0.3, 0.4) is 0 Å². The highest BCUT2D eigenvalue weighted by Crippen LogP contribution is 2.33. The van der Waals surface area contributed by atoms with Crippen molar-refractivity contribution in [3.63, 3.8) is 0 Å². The summed E-state index contributed by atoms with van der Waals surface area (Å²) in [5.41, 5.74) is 0. The number of rotatable bonds is 5. The highest BCUT2D eigenvalue weighted by atomic mass is 32.2. The molecule has 0 bridgehead atoms. The van der Waals surface area contributed by atoms with E-state index in [1.165, 1.54) is 0 Å². The van der Waals surface area contributed by atoms with Gasteiger partial charge in [-0.3, -0.25) is 0 Å². The zero-order chi connectivity index (χ0) is 10.7. The number of urea groups is 1. The molecule has 2 rings (SSSR count). The first-order valence-electron chi connectivity index (χ1n) is 5.61. The monoisotopic (exact) mass is 230 g/mol. The van der Waals surface area contributed by atoms with Crippen LogP contribution in [0.5, 0.6) is 0 Å². The van der Waals surface area contributed by atoms with E-state index in [-0.39, 0.29) is 6.03 Å². The van der Waals surface area contributed by atoms with Crippen LogP contribution >= 0.6 is 11.8 Å². The Morgan fingerprint density at radius 1 is 1.33 bits per heavy atom. The largest absolute Gasteiger partial charge is 0.396 e. The molecular formula is C10H18N2O2S. The third-order valence-corrected chi connectivity index (χ3v) is 4.59. The Morgan fingerprint density at radius 3 is 3.00 bits per heavy atom. The molecule has 5 heteroatoms. The van der Waals surface area contributed by atoms with Crippen molar-refractivity contribution in [2.45, 2.75) is 43.0 Å². The number of thioether (sulfide) groups is 1. The number of amides is 2. The molecule has 0 aromatic rings. The molecule has 0 aliphatic carbocycles. The van der Waals surface area contributed by atoms with Gasteiger partial charge in [-0.15, -0.1) is 0 Å². The van der Waals surface area contributed by atoms with Crippen molar-refractivity contribution in [2.75, 3.05) is 12.4 Å².